The van der Waals surface area contributed by atoms with Gasteiger partial charge in [0, 0.05) is 12.0 Å². The third-order valence-electron chi connectivity index (χ3n) is 4.55. The summed E-state index contributed by atoms with van der Waals surface area (Å²) >= 11 is 0. The number of hydrogen-bond donors (Lipinski definition) is 2. The number of carbonyl (C=O) groups excluding carboxylic acids is 1. The van der Waals surface area contributed by atoms with Crippen molar-refractivity contribution in [3.8, 4) is 0 Å². The molecule has 3 heteroatoms. The summed E-state index contributed by atoms with van der Waals surface area (Å²) < 4.78 is 0. The molecule has 2 atom stereocenters. The minimum absolute atomic E-state index is 0.0879. The highest BCUT2D eigenvalue weighted by atomic mass is 16.1. The van der Waals surface area contributed by atoms with E-state index in [2.05, 4.69) is 41.8 Å². The SMILES string of the molecule is C[C@H]1C[C@@H](C(=O)NC(c2ccccc2)c2ccccc2)CCN1. The van der Waals surface area contributed by atoms with Crippen LogP contribution in [0.1, 0.15) is 36.9 Å². The molecule has 1 amide bonds. The van der Waals surface area contributed by atoms with Crippen LogP contribution in [0.4, 0.5) is 0 Å². The molecule has 1 saturated heterocycles. The van der Waals surface area contributed by atoms with Crippen molar-refractivity contribution in [3.63, 3.8) is 0 Å². The fourth-order valence-electron chi connectivity index (χ4n) is 3.28. The van der Waals surface area contributed by atoms with E-state index in [9.17, 15) is 4.79 Å². The number of amides is 1. The van der Waals surface area contributed by atoms with E-state index in [-0.39, 0.29) is 17.9 Å². The summed E-state index contributed by atoms with van der Waals surface area (Å²) in [7, 11) is 0. The predicted octanol–water partition coefficient (Wildman–Crippen LogP) is 3.28. The van der Waals surface area contributed by atoms with Crippen LogP contribution >= 0.6 is 0 Å². The van der Waals surface area contributed by atoms with E-state index in [1.165, 1.54) is 0 Å². The lowest BCUT2D eigenvalue weighted by Gasteiger charge is -2.29. The summed E-state index contributed by atoms with van der Waals surface area (Å²) in [6.45, 7) is 3.06. The summed E-state index contributed by atoms with van der Waals surface area (Å²) in [5.74, 6) is 0.261. The zero-order valence-electron chi connectivity index (χ0n) is 13.5. The maximum atomic E-state index is 12.8. The van der Waals surface area contributed by atoms with Gasteiger partial charge in [-0.25, -0.2) is 0 Å². The van der Waals surface area contributed by atoms with E-state index < -0.39 is 0 Å². The molecule has 0 aromatic heterocycles. The van der Waals surface area contributed by atoms with Crippen molar-refractivity contribution in [2.75, 3.05) is 6.54 Å². The van der Waals surface area contributed by atoms with Crippen LogP contribution in [0.2, 0.25) is 0 Å². The molecule has 0 saturated carbocycles. The smallest absolute Gasteiger partial charge is 0.223 e. The molecule has 3 rings (SSSR count). The van der Waals surface area contributed by atoms with Crippen molar-refractivity contribution >= 4 is 5.91 Å². The first-order chi connectivity index (χ1) is 11.2. The van der Waals surface area contributed by atoms with Crippen LogP contribution < -0.4 is 10.6 Å². The van der Waals surface area contributed by atoms with Crippen molar-refractivity contribution in [2.45, 2.75) is 31.8 Å². The van der Waals surface area contributed by atoms with Gasteiger partial charge in [-0.1, -0.05) is 60.7 Å². The summed E-state index contributed by atoms with van der Waals surface area (Å²) in [6.07, 6.45) is 1.81. The Morgan fingerprint density at radius 3 is 2.13 bits per heavy atom. The fourth-order valence-corrected chi connectivity index (χ4v) is 3.28. The highest BCUT2D eigenvalue weighted by molar-refractivity contribution is 5.79. The molecule has 1 heterocycles. The Balaban J connectivity index is 1.80. The molecule has 0 unspecified atom stereocenters. The standard InChI is InChI=1S/C20H24N2O/c1-15-14-18(12-13-21-15)20(23)22-19(16-8-4-2-5-9-16)17-10-6-3-7-11-17/h2-11,15,18-19,21H,12-14H2,1H3,(H,22,23)/t15-,18-/m0/s1. The van der Waals surface area contributed by atoms with Gasteiger partial charge in [0.05, 0.1) is 6.04 Å². The lowest BCUT2D eigenvalue weighted by molar-refractivity contribution is -0.126. The highest BCUT2D eigenvalue weighted by Crippen LogP contribution is 2.24. The number of benzene rings is 2. The topological polar surface area (TPSA) is 41.1 Å². The maximum absolute atomic E-state index is 12.8. The first kappa shape index (κ1) is 15.8. The zero-order valence-corrected chi connectivity index (χ0v) is 13.5. The molecule has 2 N–H and O–H groups in total. The maximum Gasteiger partial charge on any atom is 0.223 e. The molecule has 0 spiro atoms. The molecule has 2 aromatic carbocycles. The van der Waals surface area contributed by atoms with Gasteiger partial charge in [0.2, 0.25) is 5.91 Å². The van der Waals surface area contributed by atoms with Crippen LogP contribution in [-0.2, 0) is 4.79 Å². The van der Waals surface area contributed by atoms with E-state index in [4.69, 9.17) is 0 Å². The second kappa shape index (κ2) is 7.42. The largest absolute Gasteiger partial charge is 0.345 e. The van der Waals surface area contributed by atoms with Crippen LogP contribution in [0.3, 0.4) is 0 Å². The second-order valence-corrected chi connectivity index (χ2v) is 6.34. The molecule has 3 nitrogen and oxygen atoms in total. The Kier molecular flexibility index (Phi) is 5.09. The average Bonchev–Trinajstić information content (AvgIpc) is 2.61. The van der Waals surface area contributed by atoms with E-state index in [1.807, 2.05) is 36.4 Å². The van der Waals surface area contributed by atoms with Gasteiger partial charge >= 0.3 is 0 Å². The Morgan fingerprint density at radius 2 is 1.61 bits per heavy atom. The van der Waals surface area contributed by atoms with Gasteiger partial charge in [0.1, 0.15) is 0 Å². The van der Waals surface area contributed by atoms with Crippen LogP contribution in [0.15, 0.2) is 60.7 Å². The average molecular weight is 308 g/mol. The highest BCUT2D eigenvalue weighted by Gasteiger charge is 2.27. The van der Waals surface area contributed by atoms with Crippen LogP contribution in [0.25, 0.3) is 0 Å². The van der Waals surface area contributed by atoms with Crippen molar-refractivity contribution in [1.82, 2.24) is 10.6 Å². The molecule has 0 radical (unpaired) electrons. The molecule has 1 fully saturated rings. The Morgan fingerprint density at radius 1 is 1.04 bits per heavy atom. The minimum Gasteiger partial charge on any atom is -0.345 e. The van der Waals surface area contributed by atoms with Gasteiger partial charge in [-0.05, 0) is 37.4 Å². The van der Waals surface area contributed by atoms with E-state index in [1.54, 1.807) is 0 Å². The summed E-state index contributed by atoms with van der Waals surface area (Å²) in [5.41, 5.74) is 2.24. The lowest BCUT2D eigenvalue weighted by atomic mass is 9.91. The van der Waals surface area contributed by atoms with Crippen molar-refractivity contribution in [1.29, 1.82) is 0 Å². The number of piperidine rings is 1. The Labute approximate surface area is 138 Å². The monoisotopic (exact) mass is 308 g/mol. The zero-order chi connectivity index (χ0) is 16.1. The molecule has 1 aliphatic heterocycles. The van der Waals surface area contributed by atoms with Gasteiger partial charge in [-0.2, -0.15) is 0 Å². The van der Waals surface area contributed by atoms with Crippen molar-refractivity contribution < 1.29 is 4.79 Å². The molecule has 0 bridgehead atoms. The Hall–Kier alpha value is -2.13. The first-order valence-corrected chi connectivity index (χ1v) is 8.37. The number of nitrogens with one attached hydrogen (secondary N) is 2. The number of carbonyl (C=O) groups is 1. The Bertz CT molecular complexity index is 587. The summed E-state index contributed by atoms with van der Waals surface area (Å²) in [5, 5.41) is 6.68. The van der Waals surface area contributed by atoms with Gasteiger partial charge in [-0.15, -0.1) is 0 Å². The molecular weight excluding hydrogens is 284 g/mol. The van der Waals surface area contributed by atoms with Crippen LogP contribution in [0, 0.1) is 5.92 Å². The third-order valence-corrected chi connectivity index (χ3v) is 4.55. The molecule has 2 aromatic rings. The van der Waals surface area contributed by atoms with E-state index in [0.29, 0.717) is 6.04 Å². The van der Waals surface area contributed by atoms with E-state index >= 15 is 0 Å². The first-order valence-electron chi connectivity index (χ1n) is 8.37. The summed E-state index contributed by atoms with van der Waals surface area (Å²) in [6, 6.07) is 20.7. The molecule has 23 heavy (non-hydrogen) atoms. The van der Waals surface area contributed by atoms with Crippen LogP contribution in [-0.4, -0.2) is 18.5 Å². The van der Waals surface area contributed by atoms with Gasteiger partial charge in [-0.3, -0.25) is 4.79 Å². The quantitative estimate of drug-likeness (QED) is 0.910. The van der Waals surface area contributed by atoms with Crippen LogP contribution in [0.5, 0.6) is 0 Å². The molecular formula is C20H24N2O. The van der Waals surface area contributed by atoms with Gasteiger partial charge < -0.3 is 10.6 Å². The minimum atomic E-state index is -0.0879. The summed E-state index contributed by atoms with van der Waals surface area (Å²) in [4.78, 5) is 12.8. The molecule has 0 aliphatic carbocycles. The van der Waals surface area contributed by atoms with Crippen molar-refractivity contribution in [2.24, 2.45) is 5.92 Å². The lowest BCUT2D eigenvalue weighted by Crippen LogP contribution is -2.43. The fraction of sp³-hybridized carbons (Fsp3) is 0.350. The van der Waals surface area contributed by atoms with Gasteiger partial charge in [0.25, 0.3) is 0 Å². The number of hydrogen-bond acceptors (Lipinski definition) is 2. The van der Waals surface area contributed by atoms with Gasteiger partial charge in [0.15, 0.2) is 0 Å². The molecule has 1 aliphatic rings. The normalized spacial score (nSPS) is 21.1. The second-order valence-electron chi connectivity index (χ2n) is 6.34. The van der Waals surface area contributed by atoms with Crippen molar-refractivity contribution in [3.05, 3.63) is 71.8 Å². The third kappa shape index (κ3) is 3.99. The van der Waals surface area contributed by atoms with E-state index in [0.717, 1.165) is 30.5 Å². The number of rotatable bonds is 4. The predicted molar refractivity (Wildman–Crippen MR) is 93.1 cm³/mol. The molecule has 120 valence electrons.